The Bertz CT molecular complexity index is 1890. The van der Waals surface area contributed by atoms with Crippen LogP contribution >= 0.6 is 0 Å². The van der Waals surface area contributed by atoms with Crippen molar-refractivity contribution in [3.05, 3.63) is 124 Å². The predicted molar refractivity (Wildman–Crippen MR) is 176 cm³/mol. The molecule has 9 heteroatoms. The van der Waals surface area contributed by atoms with Crippen molar-refractivity contribution in [2.75, 3.05) is 19.6 Å². The van der Waals surface area contributed by atoms with Gasteiger partial charge in [0, 0.05) is 42.6 Å². The summed E-state index contributed by atoms with van der Waals surface area (Å²) in [4.78, 5) is 45.4. The van der Waals surface area contributed by atoms with Gasteiger partial charge in [-0.25, -0.2) is 9.59 Å². The topological polar surface area (TPSA) is 109 Å². The Hall–Kier alpha value is -5.18. The van der Waals surface area contributed by atoms with Crippen LogP contribution < -0.4 is 5.76 Å². The number of carbonyl (C=O) groups excluding carboxylic acids is 2. The molecule has 1 N–H and O–H groups in total. The molecular weight excluding hydrogens is 580 g/mol. The van der Waals surface area contributed by atoms with Gasteiger partial charge in [-0.3, -0.25) is 14.3 Å². The first-order chi connectivity index (χ1) is 22.1. The third kappa shape index (κ3) is 6.59. The molecule has 3 atom stereocenters. The van der Waals surface area contributed by atoms with E-state index in [4.69, 9.17) is 4.74 Å². The molecule has 2 amide bonds. The van der Waals surface area contributed by atoms with Gasteiger partial charge in [-0.2, -0.15) is 0 Å². The highest BCUT2D eigenvalue weighted by molar-refractivity contribution is 5.95. The summed E-state index contributed by atoms with van der Waals surface area (Å²) in [6.07, 6.45) is -0.383. The quantitative estimate of drug-likeness (QED) is 0.210. The number of fused-ring (bicyclic) bond motifs is 1. The Labute approximate surface area is 267 Å². The number of carbonyl (C=O) groups is 2. The molecule has 1 aliphatic heterocycles. The van der Waals surface area contributed by atoms with Gasteiger partial charge >= 0.3 is 11.8 Å². The number of hydrogen-bond acceptors (Lipinski definition) is 6. The fourth-order valence-corrected chi connectivity index (χ4v) is 6.35. The first-order valence-electron chi connectivity index (χ1n) is 15.6. The van der Waals surface area contributed by atoms with E-state index in [-0.39, 0.29) is 29.9 Å². The van der Waals surface area contributed by atoms with Crippen LogP contribution in [0, 0.1) is 5.92 Å². The number of benzene rings is 4. The molecule has 0 radical (unpaired) electrons. The minimum Gasteiger partial charge on any atom is -0.444 e. The third-order valence-corrected chi connectivity index (χ3v) is 8.60. The second-order valence-corrected chi connectivity index (χ2v) is 12.9. The molecule has 2 heterocycles. The number of amides is 2. The standard InChI is InChI=1S/C37H38N4O5/c1-24(30-16-10-14-25-13-8-9-15-31(25)30)41(36(44)45-37(2,3)4)22-29-21-40(23-32(29)26-11-6-5-7-12-26)34(42)28-19-17-27(18-20-28)33-38-35(43)46-39-33/h5-20,24,29,32H,21-23H2,1-4H3,(H,38,39,43)/t24-,29-,32-/m1/s1. The summed E-state index contributed by atoms with van der Waals surface area (Å²) in [6.45, 7) is 9.06. The molecule has 5 aromatic rings. The normalized spacial score (nSPS) is 17.2. The van der Waals surface area contributed by atoms with Gasteiger partial charge in [0.1, 0.15) is 5.60 Å². The number of hydrogen-bond donors (Lipinski definition) is 1. The van der Waals surface area contributed by atoms with Crippen LogP contribution in [0.25, 0.3) is 22.2 Å². The average molecular weight is 619 g/mol. The molecule has 9 nitrogen and oxygen atoms in total. The lowest BCUT2D eigenvalue weighted by molar-refractivity contribution is 0.0137. The highest BCUT2D eigenvalue weighted by atomic mass is 16.6. The maximum Gasteiger partial charge on any atom is 0.439 e. The van der Waals surface area contributed by atoms with E-state index >= 15 is 0 Å². The highest BCUT2D eigenvalue weighted by Gasteiger charge is 2.40. The van der Waals surface area contributed by atoms with Crippen LogP contribution in [-0.4, -0.2) is 57.2 Å². The molecular formula is C37H38N4O5. The first kappa shape index (κ1) is 30.8. The van der Waals surface area contributed by atoms with Crippen LogP contribution in [0.1, 0.15) is 61.1 Å². The van der Waals surface area contributed by atoms with Gasteiger partial charge in [-0.1, -0.05) is 90.1 Å². The van der Waals surface area contributed by atoms with Gasteiger partial charge in [0.25, 0.3) is 5.91 Å². The molecule has 6 rings (SSSR count). The molecule has 1 aliphatic rings. The second-order valence-electron chi connectivity index (χ2n) is 12.9. The van der Waals surface area contributed by atoms with Gasteiger partial charge in [0.05, 0.1) is 6.04 Å². The zero-order valence-electron chi connectivity index (χ0n) is 26.5. The summed E-state index contributed by atoms with van der Waals surface area (Å²) < 4.78 is 10.6. The molecule has 236 valence electrons. The molecule has 1 aromatic heterocycles. The number of ether oxygens (including phenoxy) is 1. The van der Waals surface area contributed by atoms with Crippen LogP contribution in [0.3, 0.4) is 0 Å². The predicted octanol–water partition coefficient (Wildman–Crippen LogP) is 7.04. The first-order valence-corrected chi connectivity index (χ1v) is 15.6. The van der Waals surface area contributed by atoms with Crippen molar-refractivity contribution in [3.8, 4) is 11.4 Å². The maximum absolute atomic E-state index is 13.9. The fourth-order valence-electron chi connectivity index (χ4n) is 6.35. The second kappa shape index (κ2) is 12.7. The molecule has 1 saturated heterocycles. The Morgan fingerprint density at radius 2 is 1.65 bits per heavy atom. The minimum absolute atomic E-state index is 0.00860. The smallest absolute Gasteiger partial charge is 0.439 e. The summed E-state index contributed by atoms with van der Waals surface area (Å²) in [5.74, 6) is -0.475. The van der Waals surface area contributed by atoms with E-state index in [1.807, 2.05) is 73.9 Å². The fraction of sp³-hybridized carbons (Fsp3) is 0.297. The Balaban J connectivity index is 1.31. The SMILES string of the molecule is C[C@H](c1cccc2ccccc12)N(C[C@H]1CN(C(=O)c2ccc(-c3noc(=O)[nH]3)cc2)C[C@@H]1c1ccccc1)C(=O)OC(C)(C)C. The lowest BCUT2D eigenvalue weighted by atomic mass is 9.88. The number of likely N-dealkylation sites (tertiary alicyclic amines) is 1. The van der Waals surface area contributed by atoms with Gasteiger partial charge in [-0.15, -0.1) is 0 Å². The van der Waals surface area contributed by atoms with E-state index in [0.717, 1.165) is 21.9 Å². The van der Waals surface area contributed by atoms with Crippen LogP contribution in [0.2, 0.25) is 0 Å². The van der Waals surface area contributed by atoms with E-state index in [1.54, 1.807) is 24.3 Å². The van der Waals surface area contributed by atoms with E-state index in [1.165, 1.54) is 0 Å². The van der Waals surface area contributed by atoms with Gasteiger partial charge in [-0.05, 0) is 61.7 Å². The largest absolute Gasteiger partial charge is 0.444 e. The zero-order chi connectivity index (χ0) is 32.4. The highest BCUT2D eigenvalue weighted by Crippen LogP contribution is 2.37. The summed E-state index contributed by atoms with van der Waals surface area (Å²) in [5, 5.41) is 5.93. The minimum atomic E-state index is -0.671. The van der Waals surface area contributed by atoms with E-state index < -0.39 is 11.4 Å². The Kier molecular flexibility index (Phi) is 8.49. The van der Waals surface area contributed by atoms with Crippen molar-refractivity contribution in [2.45, 2.75) is 45.3 Å². The van der Waals surface area contributed by atoms with E-state index in [2.05, 4.69) is 51.1 Å². The van der Waals surface area contributed by atoms with Crippen molar-refractivity contribution in [1.29, 1.82) is 0 Å². The molecule has 0 aliphatic carbocycles. The number of nitrogens with one attached hydrogen (secondary N) is 1. The zero-order valence-corrected chi connectivity index (χ0v) is 26.5. The number of aromatic amines is 1. The number of rotatable bonds is 7. The molecule has 0 spiro atoms. The van der Waals surface area contributed by atoms with Crippen molar-refractivity contribution >= 4 is 22.8 Å². The molecule has 1 fully saturated rings. The third-order valence-electron chi connectivity index (χ3n) is 8.60. The van der Waals surface area contributed by atoms with Crippen molar-refractivity contribution in [1.82, 2.24) is 19.9 Å². The lowest BCUT2D eigenvalue weighted by Gasteiger charge is -2.35. The molecule has 0 saturated carbocycles. The van der Waals surface area contributed by atoms with Crippen molar-refractivity contribution in [2.24, 2.45) is 5.92 Å². The summed E-state index contributed by atoms with van der Waals surface area (Å²) >= 11 is 0. The van der Waals surface area contributed by atoms with Crippen LogP contribution in [-0.2, 0) is 4.74 Å². The van der Waals surface area contributed by atoms with Crippen LogP contribution in [0.5, 0.6) is 0 Å². The monoisotopic (exact) mass is 618 g/mol. The summed E-state index contributed by atoms with van der Waals surface area (Å²) in [5.41, 5.74) is 2.65. The molecule has 4 aromatic carbocycles. The van der Waals surface area contributed by atoms with Gasteiger partial charge < -0.3 is 14.5 Å². The number of H-pyrrole nitrogens is 1. The van der Waals surface area contributed by atoms with Gasteiger partial charge in [0.15, 0.2) is 5.82 Å². The lowest BCUT2D eigenvalue weighted by Crippen LogP contribution is -2.42. The van der Waals surface area contributed by atoms with E-state index in [9.17, 15) is 14.4 Å². The number of nitrogens with zero attached hydrogens (tertiary/aromatic N) is 3. The van der Waals surface area contributed by atoms with Crippen LogP contribution in [0.4, 0.5) is 4.79 Å². The van der Waals surface area contributed by atoms with Crippen LogP contribution in [0.15, 0.2) is 106 Å². The molecule has 0 unspecified atom stereocenters. The van der Waals surface area contributed by atoms with Gasteiger partial charge in [0.2, 0.25) is 0 Å². The summed E-state index contributed by atoms with van der Waals surface area (Å²) in [6, 6.07) is 31.2. The average Bonchev–Trinajstić information content (AvgIpc) is 3.69. The number of aromatic nitrogens is 2. The summed E-state index contributed by atoms with van der Waals surface area (Å²) in [7, 11) is 0. The Morgan fingerprint density at radius 1 is 0.957 bits per heavy atom. The van der Waals surface area contributed by atoms with Crippen molar-refractivity contribution < 1.29 is 18.8 Å². The Morgan fingerprint density at radius 3 is 2.35 bits per heavy atom. The van der Waals surface area contributed by atoms with Crippen molar-refractivity contribution in [3.63, 3.8) is 0 Å². The molecule has 46 heavy (non-hydrogen) atoms. The maximum atomic E-state index is 13.9. The van der Waals surface area contributed by atoms with E-state index in [0.29, 0.717) is 36.6 Å². The molecule has 0 bridgehead atoms.